The number of rotatable bonds is 40. The largest absolute Gasteiger partial charge is 0.462 e. The van der Waals surface area contributed by atoms with Crippen LogP contribution in [-0.2, 0) is 28.6 Å². The zero-order valence-electron chi connectivity index (χ0n) is 37.7. The minimum atomic E-state index is -0.806. The van der Waals surface area contributed by atoms with Gasteiger partial charge in [-0.3, -0.25) is 14.4 Å². The van der Waals surface area contributed by atoms with E-state index in [0.717, 1.165) is 148 Å². The topological polar surface area (TPSA) is 78.9 Å². The highest BCUT2D eigenvalue weighted by Crippen LogP contribution is 2.12. The molecule has 0 bridgehead atoms. The third-order valence-corrected chi connectivity index (χ3v) is 9.35. The SMILES string of the molecule is CC\C=C/C=C\C=C/C=C\CCCCCCCC(=O)OCC(COC(=O)CCCCCCC/C=C\C/C=C\CC)OC(=O)CCCCCC/C=C\C/C=C\C/C=C\CC. The molecule has 0 aliphatic heterocycles. The van der Waals surface area contributed by atoms with E-state index in [0.29, 0.717) is 12.8 Å². The fourth-order valence-corrected chi connectivity index (χ4v) is 5.91. The summed E-state index contributed by atoms with van der Waals surface area (Å²) >= 11 is 0. The zero-order valence-corrected chi connectivity index (χ0v) is 37.7. The number of carbonyl (C=O) groups is 3. The molecule has 0 saturated heterocycles. The molecule has 0 N–H and O–H groups in total. The summed E-state index contributed by atoms with van der Waals surface area (Å²) in [5.74, 6) is -0.976. The Bertz CT molecular complexity index is 1260. The number of hydrogen-bond acceptors (Lipinski definition) is 6. The molecule has 0 amide bonds. The highest BCUT2D eigenvalue weighted by Gasteiger charge is 2.19. The lowest BCUT2D eigenvalue weighted by Crippen LogP contribution is -2.30. The first-order valence-electron chi connectivity index (χ1n) is 23.4. The van der Waals surface area contributed by atoms with Gasteiger partial charge in [0.2, 0.25) is 0 Å². The minimum Gasteiger partial charge on any atom is -0.462 e. The summed E-state index contributed by atoms with van der Waals surface area (Å²) in [5, 5.41) is 0. The van der Waals surface area contributed by atoms with E-state index in [9.17, 15) is 14.4 Å². The molecule has 0 radical (unpaired) electrons. The van der Waals surface area contributed by atoms with Gasteiger partial charge < -0.3 is 14.2 Å². The molecule has 0 aromatic carbocycles. The van der Waals surface area contributed by atoms with Crippen LogP contribution in [0.25, 0.3) is 0 Å². The lowest BCUT2D eigenvalue weighted by molar-refractivity contribution is -0.167. The van der Waals surface area contributed by atoms with Crippen molar-refractivity contribution in [3.63, 3.8) is 0 Å². The standard InChI is InChI=1S/C53H84O6/c1-4-7-10-13-16-19-22-25-27-29-31-34-37-40-43-46-52(55)58-49-50(48-57-51(54)45-42-39-36-33-30-24-21-18-15-12-9-6-3)59-53(56)47-44-41-38-35-32-28-26-23-20-17-14-11-8-5-2/h7-13,16-22,25-28,50H,4-6,14-15,23-24,29-49H2,1-3H3/b10-7-,11-8-,12-9-,16-13-,20-17-,21-18-,22-19-,27-25-,28-26-. The average Bonchev–Trinajstić information content (AvgIpc) is 3.23. The Morgan fingerprint density at radius 3 is 1.15 bits per heavy atom. The molecular formula is C53H84O6. The molecule has 0 aliphatic rings. The van der Waals surface area contributed by atoms with Crippen LogP contribution in [0.2, 0.25) is 0 Å². The maximum atomic E-state index is 12.7. The molecule has 0 saturated carbocycles. The van der Waals surface area contributed by atoms with E-state index in [2.05, 4.69) is 106 Å². The zero-order chi connectivity index (χ0) is 43.0. The Kier molecular flexibility index (Phi) is 43.6. The number of ether oxygens (including phenoxy) is 3. The second-order valence-electron chi connectivity index (χ2n) is 15.0. The van der Waals surface area contributed by atoms with Crippen molar-refractivity contribution in [2.75, 3.05) is 13.2 Å². The van der Waals surface area contributed by atoms with Crippen LogP contribution in [0.15, 0.2) is 109 Å². The summed E-state index contributed by atoms with van der Waals surface area (Å²) < 4.78 is 16.7. The molecule has 6 heteroatoms. The van der Waals surface area contributed by atoms with Gasteiger partial charge in [0.05, 0.1) is 0 Å². The molecule has 6 nitrogen and oxygen atoms in total. The fraction of sp³-hybridized carbons (Fsp3) is 0.604. The molecule has 1 atom stereocenters. The smallest absolute Gasteiger partial charge is 0.306 e. The highest BCUT2D eigenvalue weighted by molar-refractivity contribution is 5.71. The van der Waals surface area contributed by atoms with Gasteiger partial charge in [0.1, 0.15) is 13.2 Å². The molecule has 59 heavy (non-hydrogen) atoms. The van der Waals surface area contributed by atoms with Crippen LogP contribution >= 0.6 is 0 Å². The second-order valence-corrected chi connectivity index (χ2v) is 15.0. The van der Waals surface area contributed by atoms with Gasteiger partial charge in [0.15, 0.2) is 6.10 Å². The van der Waals surface area contributed by atoms with Crippen molar-refractivity contribution in [2.45, 2.75) is 194 Å². The lowest BCUT2D eigenvalue weighted by Gasteiger charge is -2.18. The average molecular weight is 817 g/mol. The van der Waals surface area contributed by atoms with E-state index in [1.54, 1.807) is 0 Å². The Morgan fingerprint density at radius 2 is 0.695 bits per heavy atom. The molecule has 0 rings (SSSR count). The number of esters is 3. The summed E-state index contributed by atoms with van der Waals surface area (Å²) in [6, 6.07) is 0. The van der Waals surface area contributed by atoms with E-state index in [4.69, 9.17) is 14.2 Å². The minimum absolute atomic E-state index is 0.105. The number of carbonyl (C=O) groups excluding carboxylic acids is 3. The van der Waals surface area contributed by atoms with Gasteiger partial charge in [0, 0.05) is 19.3 Å². The fourth-order valence-electron chi connectivity index (χ4n) is 5.91. The Hall–Kier alpha value is -3.93. The van der Waals surface area contributed by atoms with Crippen molar-refractivity contribution in [3.05, 3.63) is 109 Å². The maximum Gasteiger partial charge on any atom is 0.306 e. The number of hydrogen-bond donors (Lipinski definition) is 0. The third kappa shape index (κ3) is 45.0. The molecule has 332 valence electrons. The lowest BCUT2D eigenvalue weighted by atomic mass is 10.1. The number of unbranched alkanes of at least 4 members (excludes halogenated alkanes) is 14. The van der Waals surface area contributed by atoms with Crippen LogP contribution in [0.1, 0.15) is 188 Å². The van der Waals surface area contributed by atoms with Gasteiger partial charge in [-0.05, 0) is 96.3 Å². The Morgan fingerprint density at radius 1 is 0.356 bits per heavy atom. The van der Waals surface area contributed by atoms with Gasteiger partial charge >= 0.3 is 17.9 Å². The summed E-state index contributed by atoms with van der Waals surface area (Å²) in [6.07, 6.45) is 62.1. The molecule has 0 aromatic heterocycles. The number of allylic oxidation sites excluding steroid dienone is 18. The van der Waals surface area contributed by atoms with Crippen LogP contribution in [0.5, 0.6) is 0 Å². The van der Waals surface area contributed by atoms with Crippen molar-refractivity contribution in [1.29, 1.82) is 0 Å². The van der Waals surface area contributed by atoms with E-state index in [1.807, 2.05) is 24.3 Å². The van der Waals surface area contributed by atoms with Gasteiger partial charge in [0.25, 0.3) is 0 Å². The van der Waals surface area contributed by atoms with Crippen LogP contribution in [0.3, 0.4) is 0 Å². The van der Waals surface area contributed by atoms with Crippen molar-refractivity contribution >= 4 is 17.9 Å². The van der Waals surface area contributed by atoms with Crippen molar-refractivity contribution in [2.24, 2.45) is 0 Å². The first-order valence-corrected chi connectivity index (χ1v) is 23.4. The Labute approximate surface area is 361 Å². The van der Waals surface area contributed by atoms with Crippen LogP contribution in [-0.4, -0.2) is 37.2 Å². The maximum absolute atomic E-state index is 12.7. The summed E-state index contributed by atoms with van der Waals surface area (Å²) in [5.41, 5.74) is 0. The summed E-state index contributed by atoms with van der Waals surface area (Å²) in [6.45, 7) is 6.19. The van der Waals surface area contributed by atoms with E-state index >= 15 is 0 Å². The normalized spacial score (nSPS) is 13.1. The predicted octanol–water partition coefficient (Wildman–Crippen LogP) is 15.2. The van der Waals surface area contributed by atoms with Gasteiger partial charge in [-0.1, -0.05) is 182 Å². The first-order chi connectivity index (χ1) is 29.0. The summed E-state index contributed by atoms with van der Waals surface area (Å²) in [7, 11) is 0. The van der Waals surface area contributed by atoms with Gasteiger partial charge in [-0.2, -0.15) is 0 Å². The summed E-state index contributed by atoms with van der Waals surface area (Å²) in [4.78, 5) is 37.8. The molecular weight excluding hydrogens is 733 g/mol. The Balaban J connectivity index is 4.51. The van der Waals surface area contributed by atoms with Crippen molar-refractivity contribution in [3.8, 4) is 0 Å². The van der Waals surface area contributed by atoms with E-state index in [1.165, 1.54) is 0 Å². The molecule has 0 spiro atoms. The second kappa shape index (κ2) is 46.8. The molecule has 0 aliphatic carbocycles. The van der Waals surface area contributed by atoms with E-state index in [-0.39, 0.29) is 37.5 Å². The van der Waals surface area contributed by atoms with Crippen molar-refractivity contribution in [1.82, 2.24) is 0 Å². The molecule has 0 heterocycles. The van der Waals surface area contributed by atoms with Crippen LogP contribution in [0.4, 0.5) is 0 Å². The van der Waals surface area contributed by atoms with Gasteiger partial charge in [-0.25, -0.2) is 0 Å². The molecule has 0 aromatic rings. The van der Waals surface area contributed by atoms with Gasteiger partial charge in [-0.15, -0.1) is 0 Å². The molecule has 0 fully saturated rings. The highest BCUT2D eigenvalue weighted by atomic mass is 16.6. The van der Waals surface area contributed by atoms with E-state index < -0.39 is 6.10 Å². The molecule has 1 unspecified atom stereocenters. The van der Waals surface area contributed by atoms with Crippen LogP contribution < -0.4 is 0 Å². The van der Waals surface area contributed by atoms with Crippen molar-refractivity contribution < 1.29 is 28.6 Å². The predicted molar refractivity (Wildman–Crippen MR) is 251 cm³/mol. The quantitative estimate of drug-likeness (QED) is 0.0201. The first kappa shape index (κ1) is 55.1. The third-order valence-electron chi connectivity index (χ3n) is 9.35. The monoisotopic (exact) mass is 817 g/mol. The van der Waals surface area contributed by atoms with Crippen LogP contribution in [0, 0.1) is 0 Å².